The third kappa shape index (κ3) is 4.71. The van der Waals surface area contributed by atoms with E-state index in [1.54, 1.807) is 18.2 Å². The summed E-state index contributed by atoms with van der Waals surface area (Å²) in [6.07, 6.45) is 0.672. The normalized spacial score (nSPS) is 12.8. The Labute approximate surface area is 106 Å². The van der Waals surface area contributed by atoms with Gasteiger partial charge in [0.25, 0.3) is 0 Å². The molecule has 1 aromatic carbocycles. The van der Waals surface area contributed by atoms with Gasteiger partial charge in [-0.05, 0) is 43.5 Å². The number of aliphatic hydroxyl groups is 1. The van der Waals surface area contributed by atoms with Gasteiger partial charge in [-0.25, -0.2) is 0 Å². The molecule has 0 heterocycles. The number of benzene rings is 1. The molecule has 0 bridgehead atoms. The first-order chi connectivity index (χ1) is 7.63. The standard InChI is InChI=1S/C12H16Cl2O2/c1-2-16-6-5-11(15)8-9-7-10(13)3-4-12(9)14/h3-4,7,11,15H,2,5-6,8H2,1H3. The summed E-state index contributed by atoms with van der Waals surface area (Å²) in [5.41, 5.74) is 0.873. The number of ether oxygens (including phenoxy) is 1. The molecule has 90 valence electrons. The van der Waals surface area contributed by atoms with Crippen LogP contribution in [0.3, 0.4) is 0 Å². The molecule has 1 rings (SSSR count). The smallest absolute Gasteiger partial charge is 0.0603 e. The van der Waals surface area contributed by atoms with Gasteiger partial charge in [-0.15, -0.1) is 0 Å². The lowest BCUT2D eigenvalue weighted by molar-refractivity contribution is 0.0887. The zero-order valence-electron chi connectivity index (χ0n) is 9.25. The van der Waals surface area contributed by atoms with Crippen molar-refractivity contribution in [2.45, 2.75) is 25.9 Å². The molecule has 0 aliphatic heterocycles. The molecule has 4 heteroatoms. The molecule has 0 aromatic heterocycles. The molecule has 0 saturated carbocycles. The van der Waals surface area contributed by atoms with Gasteiger partial charge in [-0.2, -0.15) is 0 Å². The number of aliphatic hydroxyl groups excluding tert-OH is 1. The first-order valence-corrected chi connectivity index (χ1v) is 6.08. The molecule has 1 unspecified atom stereocenters. The van der Waals surface area contributed by atoms with Crippen molar-refractivity contribution < 1.29 is 9.84 Å². The van der Waals surface area contributed by atoms with Crippen molar-refractivity contribution in [3.05, 3.63) is 33.8 Å². The van der Waals surface area contributed by atoms with Gasteiger partial charge in [-0.1, -0.05) is 23.2 Å². The van der Waals surface area contributed by atoms with Crippen LogP contribution in [-0.4, -0.2) is 24.4 Å². The van der Waals surface area contributed by atoms with E-state index in [4.69, 9.17) is 27.9 Å². The Bertz CT molecular complexity index is 329. The van der Waals surface area contributed by atoms with Gasteiger partial charge >= 0.3 is 0 Å². The molecule has 0 amide bonds. The van der Waals surface area contributed by atoms with E-state index in [1.807, 2.05) is 6.92 Å². The van der Waals surface area contributed by atoms with Crippen LogP contribution in [0.4, 0.5) is 0 Å². The molecule has 2 nitrogen and oxygen atoms in total. The molecule has 1 N–H and O–H groups in total. The largest absolute Gasteiger partial charge is 0.393 e. The Morgan fingerprint density at radius 1 is 1.38 bits per heavy atom. The van der Waals surface area contributed by atoms with Gasteiger partial charge in [0.1, 0.15) is 0 Å². The highest BCUT2D eigenvalue weighted by molar-refractivity contribution is 6.33. The van der Waals surface area contributed by atoms with Crippen molar-refractivity contribution >= 4 is 23.2 Å². The zero-order valence-corrected chi connectivity index (χ0v) is 10.8. The molecule has 0 spiro atoms. The van der Waals surface area contributed by atoms with Gasteiger partial charge in [0.15, 0.2) is 0 Å². The number of rotatable bonds is 6. The van der Waals surface area contributed by atoms with Gasteiger partial charge in [-0.3, -0.25) is 0 Å². The van der Waals surface area contributed by atoms with E-state index < -0.39 is 6.10 Å². The molecule has 0 fully saturated rings. The Morgan fingerprint density at radius 2 is 2.12 bits per heavy atom. The monoisotopic (exact) mass is 262 g/mol. The van der Waals surface area contributed by atoms with Crippen molar-refractivity contribution in [2.24, 2.45) is 0 Å². The lowest BCUT2D eigenvalue weighted by Gasteiger charge is -2.11. The molecule has 0 aliphatic rings. The number of hydrogen-bond donors (Lipinski definition) is 1. The fourth-order valence-electron chi connectivity index (χ4n) is 1.42. The minimum Gasteiger partial charge on any atom is -0.393 e. The summed E-state index contributed by atoms with van der Waals surface area (Å²) in [5, 5.41) is 11.0. The van der Waals surface area contributed by atoms with Crippen LogP contribution in [0.5, 0.6) is 0 Å². The zero-order chi connectivity index (χ0) is 12.0. The fraction of sp³-hybridized carbons (Fsp3) is 0.500. The Morgan fingerprint density at radius 3 is 2.81 bits per heavy atom. The number of hydrogen-bond acceptors (Lipinski definition) is 2. The van der Waals surface area contributed by atoms with Crippen LogP contribution in [-0.2, 0) is 11.2 Å². The number of halogens is 2. The van der Waals surface area contributed by atoms with E-state index in [0.717, 1.165) is 5.56 Å². The summed E-state index contributed by atoms with van der Waals surface area (Å²) >= 11 is 11.9. The average molecular weight is 263 g/mol. The van der Waals surface area contributed by atoms with E-state index in [1.165, 1.54) is 0 Å². The third-order valence-corrected chi connectivity index (χ3v) is 2.87. The van der Waals surface area contributed by atoms with Crippen molar-refractivity contribution in [3.63, 3.8) is 0 Å². The average Bonchev–Trinajstić information content (AvgIpc) is 2.24. The third-order valence-electron chi connectivity index (χ3n) is 2.26. The van der Waals surface area contributed by atoms with Crippen molar-refractivity contribution in [3.8, 4) is 0 Å². The summed E-state index contributed by atoms with van der Waals surface area (Å²) in [6.45, 7) is 3.17. The summed E-state index contributed by atoms with van der Waals surface area (Å²) < 4.78 is 5.18. The fourth-order valence-corrected chi connectivity index (χ4v) is 1.81. The van der Waals surface area contributed by atoms with Gasteiger partial charge in [0.2, 0.25) is 0 Å². The van der Waals surface area contributed by atoms with Gasteiger partial charge in [0, 0.05) is 23.3 Å². The highest BCUT2D eigenvalue weighted by Gasteiger charge is 2.09. The van der Waals surface area contributed by atoms with E-state index >= 15 is 0 Å². The van der Waals surface area contributed by atoms with E-state index in [-0.39, 0.29) is 0 Å². The van der Waals surface area contributed by atoms with Gasteiger partial charge in [0.05, 0.1) is 6.10 Å². The molecule has 1 aromatic rings. The van der Waals surface area contributed by atoms with Crippen LogP contribution in [0.1, 0.15) is 18.9 Å². The molecule has 16 heavy (non-hydrogen) atoms. The second-order valence-electron chi connectivity index (χ2n) is 3.58. The van der Waals surface area contributed by atoms with Crippen LogP contribution < -0.4 is 0 Å². The van der Waals surface area contributed by atoms with Crippen LogP contribution >= 0.6 is 23.2 Å². The minimum atomic E-state index is -0.442. The van der Waals surface area contributed by atoms with E-state index in [0.29, 0.717) is 36.1 Å². The maximum atomic E-state index is 9.76. The molecule has 1 atom stereocenters. The van der Waals surface area contributed by atoms with Crippen LogP contribution in [0, 0.1) is 0 Å². The van der Waals surface area contributed by atoms with Crippen molar-refractivity contribution in [1.29, 1.82) is 0 Å². The van der Waals surface area contributed by atoms with E-state index in [2.05, 4.69) is 0 Å². The van der Waals surface area contributed by atoms with Crippen LogP contribution in [0.15, 0.2) is 18.2 Å². The summed E-state index contributed by atoms with van der Waals surface area (Å²) in [4.78, 5) is 0. The highest BCUT2D eigenvalue weighted by Crippen LogP contribution is 2.22. The lowest BCUT2D eigenvalue weighted by atomic mass is 10.1. The minimum absolute atomic E-state index is 0.442. The topological polar surface area (TPSA) is 29.5 Å². The molecular formula is C12H16Cl2O2. The predicted octanol–water partition coefficient (Wildman–Crippen LogP) is 3.32. The van der Waals surface area contributed by atoms with Crippen molar-refractivity contribution in [2.75, 3.05) is 13.2 Å². The van der Waals surface area contributed by atoms with Crippen LogP contribution in [0.2, 0.25) is 10.0 Å². The van der Waals surface area contributed by atoms with Crippen LogP contribution in [0.25, 0.3) is 0 Å². The maximum Gasteiger partial charge on any atom is 0.0603 e. The lowest BCUT2D eigenvalue weighted by Crippen LogP contribution is -2.14. The quantitative estimate of drug-likeness (QED) is 0.798. The van der Waals surface area contributed by atoms with Crippen molar-refractivity contribution in [1.82, 2.24) is 0 Å². The molecule has 0 aliphatic carbocycles. The predicted molar refractivity (Wildman–Crippen MR) is 67.3 cm³/mol. The SMILES string of the molecule is CCOCCC(O)Cc1cc(Cl)ccc1Cl. The summed E-state index contributed by atoms with van der Waals surface area (Å²) in [5.74, 6) is 0. The molecule has 0 saturated heterocycles. The second-order valence-corrected chi connectivity index (χ2v) is 4.42. The second kappa shape index (κ2) is 7.13. The Kier molecular flexibility index (Phi) is 6.14. The highest BCUT2D eigenvalue weighted by atomic mass is 35.5. The first-order valence-electron chi connectivity index (χ1n) is 5.33. The van der Waals surface area contributed by atoms with Gasteiger partial charge < -0.3 is 9.84 Å². The Balaban J connectivity index is 2.48. The summed E-state index contributed by atoms with van der Waals surface area (Å²) in [6, 6.07) is 5.27. The summed E-state index contributed by atoms with van der Waals surface area (Å²) in [7, 11) is 0. The first kappa shape index (κ1) is 13.8. The molecule has 0 radical (unpaired) electrons. The Hall–Kier alpha value is -0.280. The van der Waals surface area contributed by atoms with E-state index in [9.17, 15) is 5.11 Å². The maximum absolute atomic E-state index is 9.76. The molecular weight excluding hydrogens is 247 g/mol.